The summed E-state index contributed by atoms with van der Waals surface area (Å²) in [5.74, 6) is 0.0350. The number of methoxy groups -OCH3 is 1. The Balaban J connectivity index is 1.33. The van der Waals surface area contributed by atoms with E-state index in [-0.39, 0.29) is 47.5 Å². The highest BCUT2D eigenvalue weighted by Gasteiger charge is 2.50. The summed E-state index contributed by atoms with van der Waals surface area (Å²) >= 11 is 6.77. The van der Waals surface area contributed by atoms with Gasteiger partial charge in [0.1, 0.15) is 16.4 Å². The van der Waals surface area contributed by atoms with Crippen molar-refractivity contribution in [1.29, 1.82) is 0 Å². The number of para-hydroxylation sites is 1. The number of carbonyl (C=O) groups excluding carboxylic acids is 3. The SMILES string of the molecule is CCCCCCCC(NC1(Nc2ncc(Cl)c(Nc3ccccc3P(=O)(OC)OC)n2)CCNCC1c1ccc(OC)cc1)C1c2ccccc2C(=O)N1C1CC(=O)NC(=O)C1. The third kappa shape index (κ3) is 9.68. The molecule has 0 radical (unpaired) electrons. The Kier molecular flexibility index (Phi) is 14.6. The van der Waals surface area contributed by atoms with Crippen molar-refractivity contribution >= 4 is 59.7 Å². The molecule has 17 heteroatoms. The van der Waals surface area contributed by atoms with E-state index in [1.807, 2.05) is 36.4 Å². The quantitative estimate of drug-likeness (QED) is 0.0276. The average molecular weight is 887 g/mol. The molecule has 3 aliphatic heterocycles. The zero-order chi connectivity index (χ0) is 43.9. The van der Waals surface area contributed by atoms with Crippen LogP contribution in [0.2, 0.25) is 5.02 Å². The monoisotopic (exact) mass is 886 g/mol. The number of piperidine rings is 2. The molecular weight excluding hydrogens is 831 g/mol. The summed E-state index contributed by atoms with van der Waals surface area (Å²) in [6.07, 6.45) is 7.98. The molecule has 4 aromatic rings. The number of rotatable bonds is 19. The van der Waals surface area contributed by atoms with Crippen molar-refractivity contribution in [2.75, 3.05) is 45.1 Å². The molecule has 5 N–H and O–H groups in total. The molecule has 2 fully saturated rings. The number of nitrogens with one attached hydrogen (secondary N) is 5. The maximum atomic E-state index is 14.5. The molecule has 4 atom stereocenters. The highest BCUT2D eigenvalue weighted by atomic mass is 35.5. The molecule has 15 nitrogen and oxygen atoms in total. The molecule has 330 valence electrons. The normalized spacial score (nSPS) is 21.0. The molecule has 7 rings (SSSR count). The van der Waals surface area contributed by atoms with E-state index in [9.17, 15) is 18.9 Å². The fourth-order valence-corrected chi connectivity index (χ4v) is 10.5. The summed E-state index contributed by atoms with van der Waals surface area (Å²) in [5, 5.41) is 17.7. The van der Waals surface area contributed by atoms with Crippen LogP contribution in [-0.2, 0) is 23.2 Å². The lowest BCUT2D eigenvalue weighted by atomic mass is 9.79. The van der Waals surface area contributed by atoms with E-state index in [0.717, 1.165) is 49.0 Å². The predicted octanol–water partition coefficient (Wildman–Crippen LogP) is 7.20. The number of aromatic nitrogens is 2. The molecule has 62 heavy (non-hydrogen) atoms. The minimum Gasteiger partial charge on any atom is -0.497 e. The fourth-order valence-electron chi connectivity index (χ4n) is 9.14. The first-order valence-corrected chi connectivity index (χ1v) is 23.2. The van der Waals surface area contributed by atoms with Crippen LogP contribution in [0.5, 0.6) is 5.75 Å². The molecule has 0 spiro atoms. The lowest BCUT2D eigenvalue weighted by molar-refractivity contribution is -0.135. The number of hydrogen-bond donors (Lipinski definition) is 5. The Morgan fingerprint density at radius 2 is 1.65 bits per heavy atom. The van der Waals surface area contributed by atoms with Gasteiger partial charge in [-0.25, -0.2) is 4.98 Å². The van der Waals surface area contributed by atoms with Gasteiger partial charge in [-0.1, -0.05) is 93.1 Å². The van der Waals surface area contributed by atoms with Crippen LogP contribution in [0.3, 0.4) is 0 Å². The highest BCUT2D eigenvalue weighted by molar-refractivity contribution is 7.62. The first-order valence-electron chi connectivity index (χ1n) is 21.3. The van der Waals surface area contributed by atoms with Gasteiger partial charge in [0.15, 0.2) is 5.82 Å². The van der Waals surface area contributed by atoms with Gasteiger partial charge < -0.3 is 34.6 Å². The van der Waals surface area contributed by atoms with Crippen molar-refractivity contribution in [2.24, 2.45) is 0 Å². The number of nitrogens with zero attached hydrogens (tertiary/aromatic N) is 3. The number of anilines is 3. The molecule has 3 aliphatic rings. The van der Waals surface area contributed by atoms with Crippen LogP contribution < -0.4 is 36.6 Å². The Bertz CT molecular complexity index is 2260. The van der Waals surface area contributed by atoms with Crippen molar-refractivity contribution in [3.8, 4) is 5.75 Å². The number of ether oxygens (including phenoxy) is 1. The van der Waals surface area contributed by atoms with E-state index in [4.69, 9.17) is 35.4 Å². The summed E-state index contributed by atoms with van der Waals surface area (Å²) < 4.78 is 29.8. The number of benzene rings is 3. The zero-order valence-electron chi connectivity index (χ0n) is 35.6. The first kappa shape index (κ1) is 45.1. The fraction of sp³-hybridized carbons (Fsp3) is 0.444. The van der Waals surface area contributed by atoms with E-state index >= 15 is 0 Å². The number of imide groups is 1. The number of amides is 3. The summed E-state index contributed by atoms with van der Waals surface area (Å²) in [5.41, 5.74) is 1.93. The second kappa shape index (κ2) is 20.1. The minimum absolute atomic E-state index is 0.0225. The van der Waals surface area contributed by atoms with Gasteiger partial charge in [0.2, 0.25) is 17.8 Å². The Labute approximate surface area is 368 Å². The molecule has 3 aromatic carbocycles. The van der Waals surface area contributed by atoms with Gasteiger partial charge in [-0.05, 0) is 60.8 Å². The molecule has 2 saturated heterocycles. The third-order valence-electron chi connectivity index (χ3n) is 12.2. The summed E-state index contributed by atoms with van der Waals surface area (Å²) in [6.45, 7) is 3.39. The Morgan fingerprint density at radius 1 is 0.935 bits per heavy atom. The van der Waals surface area contributed by atoms with Gasteiger partial charge in [0, 0.05) is 51.1 Å². The van der Waals surface area contributed by atoms with Crippen LogP contribution in [0.4, 0.5) is 17.5 Å². The van der Waals surface area contributed by atoms with Crippen molar-refractivity contribution in [3.05, 3.63) is 101 Å². The van der Waals surface area contributed by atoms with Gasteiger partial charge in [0.05, 0.1) is 36.4 Å². The van der Waals surface area contributed by atoms with Gasteiger partial charge in [-0.2, -0.15) is 4.98 Å². The van der Waals surface area contributed by atoms with Gasteiger partial charge in [-0.3, -0.25) is 29.6 Å². The molecule has 1 aromatic heterocycles. The van der Waals surface area contributed by atoms with E-state index in [1.54, 1.807) is 36.3 Å². The smallest absolute Gasteiger partial charge is 0.362 e. The maximum Gasteiger partial charge on any atom is 0.362 e. The van der Waals surface area contributed by atoms with Crippen LogP contribution in [0.1, 0.15) is 98.2 Å². The van der Waals surface area contributed by atoms with E-state index in [1.165, 1.54) is 20.4 Å². The van der Waals surface area contributed by atoms with Crippen LogP contribution in [-0.4, -0.2) is 84.8 Å². The lowest BCUT2D eigenvalue weighted by Crippen LogP contribution is -2.66. The van der Waals surface area contributed by atoms with Crippen LogP contribution in [0.15, 0.2) is 79.0 Å². The van der Waals surface area contributed by atoms with Crippen LogP contribution in [0.25, 0.3) is 0 Å². The minimum atomic E-state index is -3.68. The number of carbonyl (C=O) groups is 3. The van der Waals surface area contributed by atoms with Crippen molar-refractivity contribution in [3.63, 3.8) is 0 Å². The zero-order valence-corrected chi connectivity index (χ0v) is 37.3. The van der Waals surface area contributed by atoms with Crippen molar-refractivity contribution in [2.45, 2.75) is 94.4 Å². The number of hydrogen-bond acceptors (Lipinski definition) is 13. The third-order valence-corrected chi connectivity index (χ3v) is 14.4. The summed E-state index contributed by atoms with van der Waals surface area (Å²) in [7, 11) is 0.617. The molecule has 4 unspecified atom stereocenters. The standard InChI is InChI=1S/C45H56ClN8O7P/c1-5-6-7-8-9-17-37(41-32-14-10-11-15-33(32)43(57)54(41)30-25-39(55)50-40(56)26-30)52-45(23-24-47-27-34(45)29-19-21-31(59-2)22-20-29)53-44-48-28-35(46)42(51-44)49-36-16-12-13-18-38(36)62(58,60-3)61-4/h10-16,18-22,28,30,34,37,41,47,52H,5-9,17,23-27H2,1-4H3,(H,50,55,56)(H2,48,49,51,53). The number of fused-ring (bicyclic) bond motifs is 1. The Morgan fingerprint density at radius 3 is 2.37 bits per heavy atom. The van der Waals surface area contributed by atoms with E-state index in [2.05, 4.69) is 45.6 Å². The average Bonchev–Trinajstić information content (AvgIpc) is 3.58. The van der Waals surface area contributed by atoms with E-state index in [0.29, 0.717) is 42.5 Å². The van der Waals surface area contributed by atoms with Gasteiger partial charge >= 0.3 is 7.60 Å². The molecule has 0 aliphatic carbocycles. The van der Waals surface area contributed by atoms with Gasteiger partial charge in [-0.15, -0.1) is 0 Å². The summed E-state index contributed by atoms with van der Waals surface area (Å²) in [4.78, 5) is 51.7. The Hall–Kier alpha value is -4.89. The van der Waals surface area contributed by atoms with Gasteiger partial charge in [0.25, 0.3) is 5.91 Å². The number of unbranched alkanes of at least 4 members (excludes halogenated alkanes) is 4. The molecule has 4 heterocycles. The highest BCUT2D eigenvalue weighted by Crippen LogP contribution is 2.48. The second-order valence-corrected chi connectivity index (χ2v) is 18.6. The van der Waals surface area contributed by atoms with Crippen LogP contribution >= 0.6 is 19.2 Å². The maximum absolute atomic E-state index is 14.5. The van der Waals surface area contributed by atoms with Crippen LogP contribution in [0, 0.1) is 0 Å². The molecule has 3 amide bonds. The van der Waals surface area contributed by atoms with Crippen molar-refractivity contribution in [1.82, 2.24) is 30.8 Å². The first-order chi connectivity index (χ1) is 30.0. The molecule has 0 saturated carbocycles. The largest absolute Gasteiger partial charge is 0.497 e. The summed E-state index contributed by atoms with van der Waals surface area (Å²) in [6, 6.07) is 21.0. The topological polar surface area (TPSA) is 185 Å². The number of halogens is 1. The molecule has 0 bridgehead atoms. The second-order valence-electron chi connectivity index (χ2n) is 16.0. The van der Waals surface area contributed by atoms with Crippen molar-refractivity contribution < 1.29 is 32.7 Å². The lowest BCUT2D eigenvalue weighted by Gasteiger charge is -2.50. The molecular formula is C45H56ClN8O7P. The predicted molar refractivity (Wildman–Crippen MR) is 239 cm³/mol. The van der Waals surface area contributed by atoms with E-state index < -0.39 is 37.2 Å².